The number of carboxylic acid groups (broad SMARTS) is 1. The van der Waals surface area contributed by atoms with Crippen LogP contribution < -0.4 is 20.3 Å². The number of para-hydroxylation sites is 1. The summed E-state index contributed by atoms with van der Waals surface area (Å²) in [4.78, 5) is 39.5. The summed E-state index contributed by atoms with van der Waals surface area (Å²) in [5.74, 6) is -2.02. The number of phenols is 1. The van der Waals surface area contributed by atoms with E-state index in [0.29, 0.717) is 22.7 Å². The molecule has 4 rings (SSSR count). The number of sulfone groups is 1. The second-order valence-electron chi connectivity index (χ2n) is 12.7. The Kier molecular flexibility index (Phi) is 13.6. The fourth-order valence-electron chi connectivity index (χ4n) is 6.28. The first-order chi connectivity index (χ1) is 23.9. The largest absolute Gasteiger partial charge is 0.508 e. The number of carbonyl (C=O) groups is 3. The van der Waals surface area contributed by atoms with Crippen molar-refractivity contribution in [1.82, 2.24) is 10.6 Å². The number of aromatic hydroxyl groups is 1. The van der Waals surface area contributed by atoms with Crippen LogP contribution in [0.1, 0.15) is 74.7 Å². The van der Waals surface area contributed by atoms with Gasteiger partial charge in [-0.15, -0.1) is 11.8 Å². The summed E-state index contributed by atoms with van der Waals surface area (Å²) in [5, 5.41) is 24.0. The summed E-state index contributed by atoms with van der Waals surface area (Å²) in [7, 11) is -3.77. The van der Waals surface area contributed by atoms with E-state index in [2.05, 4.69) is 29.4 Å². The predicted molar refractivity (Wildman–Crippen MR) is 195 cm³/mol. The van der Waals surface area contributed by atoms with Gasteiger partial charge < -0.3 is 30.5 Å². The number of fused-ring (bicyclic) bond motifs is 1. The van der Waals surface area contributed by atoms with Gasteiger partial charge in [0, 0.05) is 42.4 Å². The quantitative estimate of drug-likeness (QED) is 0.116. The van der Waals surface area contributed by atoms with Gasteiger partial charge in [-0.3, -0.25) is 14.4 Å². The molecule has 0 aliphatic carbocycles. The molecule has 270 valence electrons. The van der Waals surface area contributed by atoms with Crippen molar-refractivity contribution in [2.75, 3.05) is 36.6 Å². The minimum Gasteiger partial charge on any atom is -0.508 e. The molecule has 0 saturated carbocycles. The van der Waals surface area contributed by atoms with Crippen LogP contribution in [0.3, 0.4) is 0 Å². The van der Waals surface area contributed by atoms with Crippen LogP contribution in [0.25, 0.3) is 0 Å². The summed E-state index contributed by atoms with van der Waals surface area (Å²) in [6.07, 6.45) is 7.00. The molecule has 0 atom stereocenters. The lowest BCUT2D eigenvalue weighted by Crippen LogP contribution is -2.38. The normalized spacial score (nSPS) is 14.7. The fourth-order valence-corrected chi connectivity index (χ4v) is 8.94. The van der Waals surface area contributed by atoms with Gasteiger partial charge >= 0.3 is 5.97 Å². The molecule has 0 radical (unpaired) electrons. The van der Waals surface area contributed by atoms with Crippen LogP contribution in [0.5, 0.6) is 11.5 Å². The fraction of sp³-hybridized carbons (Fsp3) is 0.432. The van der Waals surface area contributed by atoms with Gasteiger partial charge in [-0.1, -0.05) is 63.8 Å². The zero-order valence-corrected chi connectivity index (χ0v) is 30.5. The third-order valence-electron chi connectivity index (χ3n) is 8.85. The van der Waals surface area contributed by atoms with Crippen molar-refractivity contribution in [3.05, 3.63) is 71.8 Å². The maximum atomic E-state index is 14.3. The lowest BCUT2D eigenvalue weighted by atomic mass is 9.79. The average Bonchev–Trinajstić information content (AvgIpc) is 3.19. The lowest BCUT2D eigenvalue weighted by molar-refractivity contribution is -0.136. The van der Waals surface area contributed by atoms with E-state index >= 15 is 0 Å². The van der Waals surface area contributed by atoms with Gasteiger partial charge in [0.2, 0.25) is 0 Å². The van der Waals surface area contributed by atoms with Gasteiger partial charge in [0.15, 0.2) is 16.4 Å². The molecule has 13 heteroatoms. The van der Waals surface area contributed by atoms with Crippen LogP contribution in [0.4, 0.5) is 11.4 Å². The zero-order chi connectivity index (χ0) is 36.3. The maximum absolute atomic E-state index is 14.3. The Labute approximate surface area is 298 Å². The third kappa shape index (κ3) is 9.94. The number of ether oxygens (including phenoxy) is 1. The zero-order valence-electron chi connectivity index (χ0n) is 28.9. The van der Waals surface area contributed by atoms with Crippen LogP contribution in [-0.4, -0.2) is 68.1 Å². The number of nitrogens with zero attached hydrogens (tertiary/aromatic N) is 1. The van der Waals surface area contributed by atoms with Gasteiger partial charge in [0.25, 0.3) is 11.8 Å². The van der Waals surface area contributed by atoms with Gasteiger partial charge in [0.05, 0.1) is 27.7 Å². The van der Waals surface area contributed by atoms with Gasteiger partial charge in [-0.25, -0.2) is 8.42 Å². The Bertz CT molecular complexity index is 1760. The number of hydrogen-bond acceptors (Lipinski definition) is 9. The molecule has 0 bridgehead atoms. The highest BCUT2D eigenvalue weighted by atomic mass is 32.2. The number of phenolic OH excluding ortho intramolecular Hbond substituents is 1. The summed E-state index contributed by atoms with van der Waals surface area (Å²) >= 11 is 1.39. The molecular formula is C37H47N3O8S2. The van der Waals surface area contributed by atoms with Crippen molar-refractivity contribution in [2.45, 2.75) is 75.1 Å². The van der Waals surface area contributed by atoms with Crippen LogP contribution in [0.2, 0.25) is 0 Å². The number of unbranched alkanes of at least 4 members (excludes halogenated alkanes) is 2. The number of hydrogen-bond donors (Lipinski definition) is 4. The van der Waals surface area contributed by atoms with E-state index in [1.807, 2.05) is 42.7 Å². The summed E-state index contributed by atoms with van der Waals surface area (Å²) < 4.78 is 34.6. The number of thioether (sulfide) groups is 1. The third-order valence-corrected chi connectivity index (χ3v) is 11.6. The minimum absolute atomic E-state index is 0.0215. The number of aliphatic carboxylic acids is 1. The topological polar surface area (TPSA) is 162 Å². The second-order valence-corrected chi connectivity index (χ2v) is 15.5. The monoisotopic (exact) mass is 725 g/mol. The molecule has 50 heavy (non-hydrogen) atoms. The summed E-state index contributed by atoms with van der Waals surface area (Å²) in [6.45, 7) is 4.23. The SMILES string of the molecule is CCCCC1(CCCC)CN(c2ccccc2)c2cc(SC)c(OCC(=O)NCc3ccc(O)cc3C(=O)NCCC(=O)O)cc2S(=O)(=O)C1. The van der Waals surface area contributed by atoms with Crippen LogP contribution >= 0.6 is 11.8 Å². The summed E-state index contributed by atoms with van der Waals surface area (Å²) in [5.41, 5.74) is 1.55. The van der Waals surface area contributed by atoms with Crippen molar-refractivity contribution < 1.29 is 37.8 Å². The van der Waals surface area contributed by atoms with E-state index in [1.54, 1.807) is 6.07 Å². The van der Waals surface area contributed by atoms with E-state index in [0.717, 1.165) is 44.2 Å². The van der Waals surface area contributed by atoms with E-state index in [-0.39, 0.29) is 47.2 Å². The van der Waals surface area contributed by atoms with Gasteiger partial charge in [0.1, 0.15) is 11.5 Å². The number of nitrogens with one attached hydrogen (secondary N) is 2. The van der Waals surface area contributed by atoms with Crippen LogP contribution in [0, 0.1) is 5.41 Å². The molecule has 0 unspecified atom stereocenters. The molecule has 1 heterocycles. The molecule has 4 N–H and O–H groups in total. The van der Waals surface area contributed by atoms with E-state index < -0.39 is 39.6 Å². The Hall–Kier alpha value is -4.23. The molecular weight excluding hydrogens is 679 g/mol. The molecule has 0 fully saturated rings. The maximum Gasteiger partial charge on any atom is 0.305 e. The number of anilines is 2. The predicted octanol–water partition coefficient (Wildman–Crippen LogP) is 6.31. The highest BCUT2D eigenvalue weighted by Gasteiger charge is 2.42. The first kappa shape index (κ1) is 38.6. The van der Waals surface area contributed by atoms with Crippen LogP contribution in [0.15, 0.2) is 70.5 Å². The molecule has 0 spiro atoms. The molecule has 1 aliphatic rings. The molecule has 0 saturated heterocycles. The molecule has 1 aliphatic heterocycles. The summed E-state index contributed by atoms with van der Waals surface area (Å²) in [6, 6.07) is 17.4. The molecule has 3 aromatic rings. The Morgan fingerprint density at radius 3 is 2.32 bits per heavy atom. The van der Waals surface area contributed by atoms with E-state index in [4.69, 9.17) is 9.84 Å². The number of benzene rings is 3. The number of rotatable bonds is 17. The average molecular weight is 726 g/mol. The highest BCUT2D eigenvalue weighted by Crippen LogP contribution is 2.47. The molecule has 0 aromatic heterocycles. The van der Waals surface area contributed by atoms with Crippen molar-refractivity contribution in [3.8, 4) is 11.5 Å². The lowest BCUT2D eigenvalue weighted by Gasteiger charge is -2.37. The first-order valence-electron chi connectivity index (χ1n) is 16.9. The highest BCUT2D eigenvalue weighted by molar-refractivity contribution is 7.98. The standard InChI is InChI=1S/C37H47N3O8S2/c1-4-6-16-37(17-7-5-2)24-40(27-11-9-8-10-12-27)30-20-32(49-3)31(21-33(30)50(46,47)25-37)48-23-34(42)39-22-26-13-14-28(41)19-29(26)36(45)38-18-15-35(43)44/h8-14,19-21,41H,4-7,15-18,22-25H2,1-3H3,(H,38,45)(H,39,42)(H,43,44). The minimum atomic E-state index is -3.77. The Morgan fingerprint density at radius 1 is 0.980 bits per heavy atom. The number of amides is 2. The molecule has 2 amide bonds. The first-order valence-corrected chi connectivity index (χ1v) is 19.8. The second kappa shape index (κ2) is 17.6. The van der Waals surface area contributed by atoms with E-state index in [9.17, 15) is 27.9 Å². The number of carboxylic acids is 1. The van der Waals surface area contributed by atoms with Crippen molar-refractivity contribution in [2.24, 2.45) is 5.41 Å². The molecule has 3 aromatic carbocycles. The number of carbonyl (C=O) groups excluding carboxylic acids is 2. The Balaban J connectivity index is 1.59. The van der Waals surface area contributed by atoms with E-state index in [1.165, 1.54) is 30.0 Å². The van der Waals surface area contributed by atoms with Crippen molar-refractivity contribution in [3.63, 3.8) is 0 Å². The van der Waals surface area contributed by atoms with Crippen molar-refractivity contribution >= 4 is 50.8 Å². The van der Waals surface area contributed by atoms with Gasteiger partial charge in [-0.2, -0.15) is 0 Å². The smallest absolute Gasteiger partial charge is 0.305 e. The molecule has 11 nitrogen and oxygen atoms in total. The van der Waals surface area contributed by atoms with Crippen LogP contribution in [-0.2, 0) is 26.0 Å². The Morgan fingerprint density at radius 2 is 1.68 bits per heavy atom. The van der Waals surface area contributed by atoms with Crippen molar-refractivity contribution in [1.29, 1.82) is 0 Å². The van der Waals surface area contributed by atoms with Gasteiger partial charge in [-0.05, 0) is 55.0 Å².